The van der Waals surface area contributed by atoms with E-state index in [2.05, 4.69) is 241 Å². The second-order valence-electron chi connectivity index (χ2n) is 16.8. The zero-order chi connectivity index (χ0) is 42.1. The molecule has 11 aromatic carbocycles. The van der Waals surface area contributed by atoms with Gasteiger partial charge in [0.1, 0.15) is 0 Å². The molecule has 1 nitrogen and oxygen atoms in total. The summed E-state index contributed by atoms with van der Waals surface area (Å²) in [4.78, 5) is 0. The Hall–Kier alpha value is -8.04. The van der Waals surface area contributed by atoms with E-state index < -0.39 is 0 Å². The molecule has 13 aromatic rings. The molecule has 2 heteroatoms. The van der Waals surface area contributed by atoms with Crippen LogP contribution in [0.25, 0.3) is 125 Å². The third kappa shape index (κ3) is 5.84. The smallest absolute Gasteiger partial charge is 0.0541 e. The molecule has 2 heterocycles. The monoisotopic (exact) mass is 829 g/mol. The van der Waals surface area contributed by atoms with Gasteiger partial charge in [0.25, 0.3) is 0 Å². The Labute approximate surface area is 375 Å². The van der Waals surface area contributed by atoms with Crippen LogP contribution in [0.5, 0.6) is 0 Å². The Balaban J connectivity index is 0.988. The lowest BCUT2D eigenvalue weighted by Crippen LogP contribution is -1.95. The minimum Gasteiger partial charge on any atom is -0.309 e. The van der Waals surface area contributed by atoms with E-state index in [1.807, 2.05) is 11.3 Å². The van der Waals surface area contributed by atoms with E-state index in [9.17, 15) is 0 Å². The molecule has 0 radical (unpaired) electrons. The van der Waals surface area contributed by atoms with E-state index in [-0.39, 0.29) is 0 Å². The minimum absolute atomic E-state index is 1.14. The summed E-state index contributed by atoms with van der Waals surface area (Å²) in [5.74, 6) is 0. The third-order valence-corrected chi connectivity index (χ3v) is 14.4. The van der Waals surface area contributed by atoms with Gasteiger partial charge in [0.2, 0.25) is 0 Å². The highest BCUT2D eigenvalue weighted by Crippen LogP contribution is 2.45. The van der Waals surface area contributed by atoms with Crippen LogP contribution in [0, 0.1) is 0 Å². The number of hydrogen-bond donors (Lipinski definition) is 0. The molecule has 0 saturated carbocycles. The molecule has 13 rings (SSSR count). The molecule has 0 amide bonds. The number of benzene rings is 11. The number of aromatic nitrogens is 1. The lowest BCUT2D eigenvalue weighted by atomic mass is 9.86. The number of nitrogens with zero attached hydrogens (tertiary/aromatic N) is 1. The van der Waals surface area contributed by atoms with Gasteiger partial charge in [-0.1, -0.05) is 194 Å². The normalized spacial score (nSPS) is 11.8. The van der Waals surface area contributed by atoms with Crippen LogP contribution in [0.2, 0.25) is 0 Å². The van der Waals surface area contributed by atoms with Crippen molar-refractivity contribution < 1.29 is 0 Å². The van der Waals surface area contributed by atoms with Crippen LogP contribution < -0.4 is 0 Å². The predicted octanol–water partition coefficient (Wildman–Crippen LogP) is 17.8. The van der Waals surface area contributed by atoms with E-state index in [4.69, 9.17) is 0 Å². The van der Waals surface area contributed by atoms with Crippen molar-refractivity contribution in [1.29, 1.82) is 0 Å². The summed E-state index contributed by atoms with van der Waals surface area (Å²) in [6, 6.07) is 87.1. The SMILES string of the molecule is c1ccc(-c2ccc(-c3ccc4c(c3)c3cc(-c5cccc6c5sc5ccccc56)ccc3n4-c3ccc(-c4c5ccccc5c(-c5ccccc5)c5ccccc45)cc3)cc2)cc1. The van der Waals surface area contributed by atoms with Gasteiger partial charge in [-0.2, -0.15) is 0 Å². The standard InChI is InChI=1S/C62H39NS/c1-3-14-40(15-4-1)41-26-28-42(29-27-41)45-32-36-57-55(38-45)56-39-46(48-23-13-24-54-49-18-11-12-25-59(49)64-62(48)54)33-37-58(56)63(57)47-34-30-44(31-35-47)61-52-21-9-7-19-50(52)60(43-16-5-2-6-17-43)51-20-8-10-22-53(51)61/h1-39H. The zero-order valence-electron chi connectivity index (χ0n) is 34.9. The maximum atomic E-state index is 2.45. The van der Waals surface area contributed by atoms with E-state index in [1.165, 1.54) is 119 Å². The van der Waals surface area contributed by atoms with Crippen molar-refractivity contribution in [3.8, 4) is 61.3 Å². The van der Waals surface area contributed by atoms with Gasteiger partial charge in [0.05, 0.1) is 11.0 Å². The molecule has 0 atom stereocenters. The highest BCUT2D eigenvalue weighted by Gasteiger charge is 2.19. The first-order chi connectivity index (χ1) is 31.7. The quantitative estimate of drug-likeness (QED) is 0.147. The maximum absolute atomic E-state index is 2.45. The summed E-state index contributed by atoms with van der Waals surface area (Å²) >= 11 is 1.89. The van der Waals surface area contributed by atoms with Crippen molar-refractivity contribution in [1.82, 2.24) is 4.57 Å². The molecular weight excluding hydrogens is 791 g/mol. The molecule has 0 fully saturated rings. The molecule has 0 aliphatic rings. The molecule has 0 saturated heterocycles. The van der Waals surface area contributed by atoms with Gasteiger partial charge in [-0.3, -0.25) is 0 Å². The molecule has 0 aliphatic heterocycles. The van der Waals surface area contributed by atoms with Crippen LogP contribution in [0.15, 0.2) is 237 Å². The molecule has 0 N–H and O–H groups in total. The summed E-state index contributed by atoms with van der Waals surface area (Å²) in [5.41, 5.74) is 15.9. The van der Waals surface area contributed by atoms with Crippen LogP contribution in [0.3, 0.4) is 0 Å². The molecule has 298 valence electrons. The third-order valence-electron chi connectivity index (χ3n) is 13.2. The van der Waals surface area contributed by atoms with E-state index >= 15 is 0 Å². The first-order valence-corrected chi connectivity index (χ1v) is 22.8. The molecule has 0 bridgehead atoms. The zero-order valence-corrected chi connectivity index (χ0v) is 35.7. The van der Waals surface area contributed by atoms with Gasteiger partial charge < -0.3 is 4.57 Å². The van der Waals surface area contributed by atoms with Crippen LogP contribution in [-0.2, 0) is 0 Å². The van der Waals surface area contributed by atoms with Crippen molar-refractivity contribution in [3.05, 3.63) is 237 Å². The van der Waals surface area contributed by atoms with Gasteiger partial charge >= 0.3 is 0 Å². The van der Waals surface area contributed by atoms with Crippen LogP contribution >= 0.6 is 11.3 Å². The number of hydrogen-bond acceptors (Lipinski definition) is 1. The summed E-state index contributed by atoms with van der Waals surface area (Å²) in [6.45, 7) is 0. The summed E-state index contributed by atoms with van der Waals surface area (Å²) in [5, 5.41) is 10.2. The molecule has 0 aliphatic carbocycles. The Morgan fingerprint density at radius 3 is 1.30 bits per heavy atom. The van der Waals surface area contributed by atoms with Gasteiger partial charge in [0, 0.05) is 36.6 Å². The molecule has 0 unspecified atom stereocenters. The second kappa shape index (κ2) is 14.8. The average Bonchev–Trinajstić information content (AvgIpc) is 3.91. The minimum atomic E-state index is 1.14. The molecule has 2 aromatic heterocycles. The fourth-order valence-corrected chi connectivity index (χ4v) is 11.5. The number of fused-ring (bicyclic) bond motifs is 8. The number of rotatable bonds is 6. The average molecular weight is 830 g/mol. The first-order valence-electron chi connectivity index (χ1n) is 22.0. The first kappa shape index (κ1) is 36.6. The van der Waals surface area contributed by atoms with Crippen molar-refractivity contribution >= 4 is 74.9 Å². The van der Waals surface area contributed by atoms with Gasteiger partial charge in [-0.25, -0.2) is 0 Å². The van der Waals surface area contributed by atoms with E-state index in [0.29, 0.717) is 0 Å². The predicted molar refractivity (Wildman–Crippen MR) is 276 cm³/mol. The molecule has 0 spiro atoms. The lowest BCUT2D eigenvalue weighted by molar-refractivity contribution is 1.18. The Morgan fingerprint density at radius 2 is 0.688 bits per heavy atom. The highest BCUT2D eigenvalue weighted by molar-refractivity contribution is 7.26. The Morgan fingerprint density at radius 1 is 0.266 bits per heavy atom. The Kier molecular flexibility index (Phi) is 8.47. The van der Waals surface area contributed by atoms with Crippen LogP contribution in [-0.4, -0.2) is 4.57 Å². The van der Waals surface area contributed by atoms with Crippen molar-refractivity contribution in [2.45, 2.75) is 0 Å². The van der Waals surface area contributed by atoms with Crippen molar-refractivity contribution in [3.63, 3.8) is 0 Å². The maximum Gasteiger partial charge on any atom is 0.0541 e. The summed E-state index contributed by atoms with van der Waals surface area (Å²) in [6.07, 6.45) is 0. The van der Waals surface area contributed by atoms with E-state index in [1.54, 1.807) is 0 Å². The lowest BCUT2D eigenvalue weighted by Gasteiger charge is -2.18. The van der Waals surface area contributed by atoms with Crippen molar-refractivity contribution in [2.75, 3.05) is 0 Å². The summed E-state index contributed by atoms with van der Waals surface area (Å²) < 4.78 is 5.11. The van der Waals surface area contributed by atoms with Gasteiger partial charge in [-0.05, 0) is 120 Å². The van der Waals surface area contributed by atoms with Crippen molar-refractivity contribution in [2.24, 2.45) is 0 Å². The highest BCUT2D eigenvalue weighted by atomic mass is 32.1. The van der Waals surface area contributed by atoms with E-state index in [0.717, 1.165) is 5.69 Å². The largest absolute Gasteiger partial charge is 0.309 e. The number of thiophene rings is 1. The van der Waals surface area contributed by atoms with Crippen LogP contribution in [0.4, 0.5) is 0 Å². The fourth-order valence-electron chi connectivity index (χ4n) is 10.2. The Bertz CT molecular complexity index is 3860. The second-order valence-corrected chi connectivity index (χ2v) is 17.8. The summed E-state index contributed by atoms with van der Waals surface area (Å²) in [7, 11) is 0. The fraction of sp³-hybridized carbons (Fsp3) is 0. The molecular formula is C62H39NS. The topological polar surface area (TPSA) is 4.93 Å². The molecule has 64 heavy (non-hydrogen) atoms. The van der Waals surface area contributed by atoms with Gasteiger partial charge in [-0.15, -0.1) is 11.3 Å². The van der Waals surface area contributed by atoms with Gasteiger partial charge in [0.15, 0.2) is 0 Å². The van der Waals surface area contributed by atoms with Crippen LogP contribution in [0.1, 0.15) is 0 Å².